The van der Waals surface area contributed by atoms with Gasteiger partial charge in [0.25, 0.3) is 11.8 Å². The van der Waals surface area contributed by atoms with E-state index in [0.29, 0.717) is 62.5 Å². The van der Waals surface area contributed by atoms with Gasteiger partial charge in [-0.15, -0.1) is 30.6 Å². The van der Waals surface area contributed by atoms with Crippen LogP contribution < -0.4 is 27.6 Å². The molecule has 12 rings (SSSR count). The number of carbonyl (C=O) groups excluding carboxylic acids is 8. The predicted molar refractivity (Wildman–Crippen MR) is 407 cm³/mol. The zero-order valence-electron chi connectivity index (χ0n) is 59.9. The number of amides is 3. The predicted octanol–water partition coefficient (Wildman–Crippen LogP) is 8.84. The molecule has 0 aromatic carbocycles. The minimum absolute atomic E-state index is 0.0225. The van der Waals surface area contributed by atoms with Gasteiger partial charge in [-0.05, 0) is 167 Å². The molecule has 0 atom stereocenters. The number of ether oxygens (including phenoxy) is 3. The Kier molecular flexibility index (Phi) is 35.9. The average molecular weight is 1570 g/mol. The van der Waals surface area contributed by atoms with E-state index in [0.717, 1.165) is 67.5 Å². The Morgan fingerprint density at radius 1 is 0.464 bits per heavy atom. The molecule has 3 amide bonds. The molecule has 0 unspecified atom stereocenters. The highest BCUT2D eigenvalue weighted by atomic mass is 35.5. The average Bonchev–Trinajstić information content (AvgIpc) is 1.07. The number of nitrogens with two attached hydrogens (primary N) is 2. The molecule has 0 fully saturated rings. The van der Waals surface area contributed by atoms with Crippen molar-refractivity contribution in [1.82, 2.24) is 91.5 Å². The SMILES string of the molecule is CCOC(=O)C(=O)Cl.CCOC(=O)C(=O)NCC(=O)c1ccccn1.CCOC(=O)c1nnc(-c2ccccn2)s1.Cc1cc(-c2ncc(CN)cc2C)ccn1.Cc1cc(-c2ncc(CNC(=O)c3nnc(-c4ccccn4)s3)cc2C)ccn1.NNC(=O)c1ccccn1.O=C(O)c1nnc(-c2ccccn2)s1. The van der Waals surface area contributed by atoms with Crippen molar-refractivity contribution < 1.29 is 62.5 Å². The van der Waals surface area contributed by atoms with Crippen LogP contribution in [0.25, 0.3) is 54.6 Å². The maximum absolute atomic E-state index is 12.4. The smallest absolute Gasteiger partial charge is 0.396 e. The lowest BCUT2D eigenvalue weighted by atomic mass is 10.1. The molecule has 37 heteroatoms. The summed E-state index contributed by atoms with van der Waals surface area (Å²) in [6, 6.07) is 38.3. The van der Waals surface area contributed by atoms with Crippen molar-refractivity contribution in [1.29, 1.82) is 0 Å². The number of Topliss-reactive ketones (excluding diaryl/α,β-unsaturated/α-hetero) is 1. The first-order valence-corrected chi connectivity index (χ1v) is 35.5. The van der Waals surface area contributed by atoms with Gasteiger partial charge in [-0.1, -0.05) is 76.5 Å². The number of hydrogen-bond donors (Lipinski definition) is 6. The van der Waals surface area contributed by atoms with Gasteiger partial charge in [0.15, 0.2) is 20.8 Å². The fraction of sp³-hybridized carbons (Fsp3) is 0.178. The van der Waals surface area contributed by atoms with Crippen LogP contribution in [0.1, 0.15) is 105 Å². The standard InChI is InChI=1S/C21H18N6OS.C13H15N3.C11H12N2O4.C10H9N3O2S.C8H5N3O2S.C6H7N3O.C4H5ClO3/c1-13-9-15(11-24-18(13)16-6-8-22-14(2)10-16)12-25-19(28)21-27-26-20(29-21)17-5-3-4-7-23-17;1-9-5-11(7-14)8-16-13(9)12-3-4-15-10(2)6-12;1-2-17-11(16)10(15)13-7-9(14)8-5-3-4-6-12-8;1-2-15-10(14)9-13-12-8(16-9)7-5-3-4-6-11-7;12-8(13)7-11-10-6(14-7)5-3-1-2-4-9-5;7-9-6(10)5-3-1-2-4-8-5;1-2-8-4(7)3(5)6/h3-11H,12H2,1-2H3,(H,25,28);3-6,8H,7,14H2,1-2H3;3-6H,2,7H2,1H3,(H,13,15);3-6H,2H2,1H3;1-4H,(H,12,13);1-4H,7H2,(H,9,10);2H2,1H3. The maximum Gasteiger partial charge on any atom is 0.396 e. The Morgan fingerprint density at radius 3 is 1.31 bits per heavy atom. The lowest BCUT2D eigenvalue weighted by Gasteiger charge is -2.09. The Labute approximate surface area is 645 Å². The highest BCUT2D eigenvalue weighted by molar-refractivity contribution is 7.17. The van der Waals surface area contributed by atoms with E-state index in [1.807, 2.05) is 111 Å². The molecule has 110 heavy (non-hydrogen) atoms. The Morgan fingerprint density at radius 2 is 0.900 bits per heavy atom. The van der Waals surface area contributed by atoms with Crippen molar-refractivity contribution in [3.05, 3.63) is 243 Å². The van der Waals surface area contributed by atoms with Crippen molar-refractivity contribution in [2.45, 2.75) is 61.6 Å². The third kappa shape index (κ3) is 28.6. The minimum atomic E-state index is -1.08. The van der Waals surface area contributed by atoms with Crippen LogP contribution in [0.2, 0.25) is 0 Å². The van der Waals surface area contributed by atoms with E-state index in [-0.39, 0.29) is 53.1 Å². The zero-order valence-corrected chi connectivity index (χ0v) is 63.1. The van der Waals surface area contributed by atoms with Crippen molar-refractivity contribution in [2.75, 3.05) is 26.4 Å². The number of pyridine rings is 9. The number of aryl methyl sites for hydroxylation is 4. The van der Waals surface area contributed by atoms with E-state index in [9.17, 15) is 43.2 Å². The molecule has 0 aliphatic heterocycles. The molecule has 12 aromatic heterocycles. The molecule has 0 spiro atoms. The van der Waals surface area contributed by atoms with Gasteiger partial charge in [0, 0.05) is 91.4 Å². The maximum atomic E-state index is 12.4. The number of aromatic carboxylic acids is 1. The number of carbonyl (C=O) groups is 9. The third-order valence-electron chi connectivity index (χ3n) is 13.3. The number of nitrogens with one attached hydrogen (secondary N) is 3. The molecular weight excluding hydrogens is 1500 g/mol. The molecular formula is C73H71ClN20O13S3. The van der Waals surface area contributed by atoms with Gasteiger partial charge in [0.2, 0.25) is 15.0 Å². The number of hydrazine groups is 1. The van der Waals surface area contributed by atoms with Crippen LogP contribution in [-0.2, 0) is 46.5 Å². The Hall–Kier alpha value is -13.1. The van der Waals surface area contributed by atoms with Crippen LogP contribution >= 0.6 is 45.6 Å². The van der Waals surface area contributed by atoms with Gasteiger partial charge in [-0.2, -0.15) is 0 Å². The quantitative estimate of drug-likeness (QED) is 0.00643. The van der Waals surface area contributed by atoms with E-state index in [4.69, 9.17) is 33.0 Å². The van der Waals surface area contributed by atoms with Crippen LogP contribution in [0.5, 0.6) is 0 Å². The zero-order chi connectivity index (χ0) is 79.7. The molecule has 12 heterocycles. The second-order valence-electron chi connectivity index (χ2n) is 21.4. The number of esters is 3. The molecule has 0 bridgehead atoms. The number of rotatable bonds is 19. The molecule has 566 valence electrons. The Balaban J connectivity index is 0.000000208. The van der Waals surface area contributed by atoms with Crippen LogP contribution in [0, 0.1) is 27.7 Å². The highest BCUT2D eigenvalue weighted by Gasteiger charge is 2.20. The summed E-state index contributed by atoms with van der Waals surface area (Å²) >= 11 is 8.09. The number of hydrogen-bond acceptors (Lipinski definition) is 32. The summed E-state index contributed by atoms with van der Waals surface area (Å²) in [5.74, 6) is -0.581. The van der Waals surface area contributed by atoms with Crippen LogP contribution in [0.3, 0.4) is 0 Å². The van der Waals surface area contributed by atoms with Gasteiger partial charge in [-0.25, -0.2) is 25.0 Å². The first-order valence-electron chi connectivity index (χ1n) is 32.6. The van der Waals surface area contributed by atoms with Crippen molar-refractivity contribution in [3.63, 3.8) is 0 Å². The third-order valence-corrected chi connectivity index (χ3v) is 16.3. The fourth-order valence-electron chi connectivity index (χ4n) is 8.43. The number of nitrogens with zero attached hydrogens (tertiary/aromatic N) is 15. The van der Waals surface area contributed by atoms with Crippen LogP contribution in [0.4, 0.5) is 0 Å². The second kappa shape index (κ2) is 46.1. The summed E-state index contributed by atoms with van der Waals surface area (Å²) in [5.41, 5.74) is 20.3. The van der Waals surface area contributed by atoms with Gasteiger partial charge >= 0.3 is 35.0 Å². The second-order valence-corrected chi connectivity index (χ2v) is 24.7. The number of carboxylic acids is 1. The van der Waals surface area contributed by atoms with E-state index in [1.165, 1.54) is 41.1 Å². The lowest BCUT2D eigenvalue weighted by Crippen LogP contribution is -2.36. The molecule has 0 radical (unpaired) electrons. The van der Waals surface area contributed by atoms with E-state index >= 15 is 0 Å². The molecule has 8 N–H and O–H groups in total. The molecule has 0 aliphatic carbocycles. The van der Waals surface area contributed by atoms with Crippen molar-refractivity contribution in [2.24, 2.45) is 11.6 Å². The molecule has 0 saturated carbocycles. The van der Waals surface area contributed by atoms with E-state index < -0.39 is 35.0 Å². The molecule has 0 saturated heterocycles. The largest absolute Gasteiger partial charge is 0.476 e. The number of nitrogen functional groups attached to an aromatic ring is 1. The van der Waals surface area contributed by atoms with Gasteiger partial charge in [0.1, 0.15) is 28.5 Å². The minimum Gasteiger partial charge on any atom is -0.476 e. The summed E-state index contributed by atoms with van der Waals surface area (Å²) in [5, 5.41) is 37.8. The summed E-state index contributed by atoms with van der Waals surface area (Å²) < 4.78 is 13.5. The number of carboxylic acid groups (broad SMARTS) is 1. The number of halogens is 1. The van der Waals surface area contributed by atoms with E-state index in [2.05, 4.69) is 109 Å². The van der Waals surface area contributed by atoms with E-state index in [1.54, 1.807) is 94.2 Å². The van der Waals surface area contributed by atoms with Gasteiger partial charge < -0.3 is 35.7 Å². The topological polar surface area (TPSA) is 483 Å². The molecule has 33 nitrogen and oxygen atoms in total. The summed E-state index contributed by atoms with van der Waals surface area (Å²) in [6.07, 6.45) is 15.2. The highest BCUT2D eigenvalue weighted by Crippen LogP contribution is 2.26. The van der Waals surface area contributed by atoms with Crippen molar-refractivity contribution >= 4 is 98.2 Å². The summed E-state index contributed by atoms with van der Waals surface area (Å²) in [4.78, 5) is 136. The normalized spacial score (nSPS) is 9.95. The molecule has 12 aromatic rings. The lowest BCUT2D eigenvalue weighted by molar-refractivity contribution is -0.154. The number of aromatic nitrogens is 15. The van der Waals surface area contributed by atoms with Crippen LogP contribution in [-0.4, -0.2) is 160 Å². The summed E-state index contributed by atoms with van der Waals surface area (Å²) in [7, 11) is 0. The Bertz CT molecular complexity index is 5000. The fourth-order valence-corrected chi connectivity index (χ4v) is 10.6. The monoisotopic (exact) mass is 1570 g/mol. The van der Waals surface area contributed by atoms with Crippen molar-refractivity contribution in [3.8, 4) is 54.6 Å². The molecule has 0 aliphatic rings. The number of ketones is 1. The van der Waals surface area contributed by atoms with Crippen LogP contribution in [0.15, 0.2) is 183 Å². The first kappa shape index (κ1) is 85.8. The summed E-state index contributed by atoms with van der Waals surface area (Å²) in [6.45, 7) is 14.2. The first-order chi connectivity index (χ1) is 53.1. The van der Waals surface area contributed by atoms with Gasteiger partial charge in [0.05, 0.1) is 37.8 Å². The van der Waals surface area contributed by atoms with Gasteiger partial charge in [-0.3, -0.25) is 74.3 Å².